The molecule has 0 unspecified atom stereocenters. The largest absolute Gasteiger partial charge is 0.459 e. The smallest absolute Gasteiger partial charge is 0.324 e. The molecule has 0 radical (unpaired) electrons. The first kappa shape index (κ1) is 44.0. The van der Waals surface area contributed by atoms with Crippen LogP contribution in [0.1, 0.15) is 68.2 Å². The molecule has 14 nitrogen and oxygen atoms in total. The first-order valence-corrected chi connectivity index (χ1v) is 16.0. The average molecular weight is 665 g/mol. The fourth-order valence-electron chi connectivity index (χ4n) is 3.61. The lowest BCUT2D eigenvalue weighted by atomic mass is 10.1. The fraction of sp³-hybridized carbons (Fsp3) is 0.875. The minimum Gasteiger partial charge on any atom is -0.459 e. The van der Waals surface area contributed by atoms with Crippen LogP contribution in [0.25, 0.3) is 0 Å². The number of hydrogen-bond donors (Lipinski definition) is 2. The molecule has 0 aliphatic carbocycles. The first-order chi connectivity index (χ1) is 21.6. The zero-order chi connectivity index (χ0) is 34.8. The Hall–Kier alpha value is -2.04. The van der Waals surface area contributed by atoms with Crippen molar-refractivity contribution in [2.75, 3.05) is 92.4 Å². The molecule has 0 rings (SSSR count). The average Bonchev–Trinajstić information content (AvgIpc) is 2.92. The topological polar surface area (TPSA) is 166 Å². The monoisotopic (exact) mass is 664 g/mol. The number of nitrogens with one attached hydrogen (secondary N) is 2. The van der Waals surface area contributed by atoms with E-state index in [9.17, 15) is 19.2 Å². The van der Waals surface area contributed by atoms with Gasteiger partial charge in [0.2, 0.25) is 0 Å². The highest BCUT2D eigenvalue weighted by Crippen LogP contribution is 2.11. The highest BCUT2D eigenvalue weighted by atomic mass is 16.6. The van der Waals surface area contributed by atoms with Gasteiger partial charge in [-0.2, -0.15) is 0 Å². The van der Waals surface area contributed by atoms with E-state index in [4.69, 9.17) is 37.9 Å². The molecule has 0 bridgehead atoms. The van der Waals surface area contributed by atoms with Gasteiger partial charge in [-0.25, -0.2) is 0 Å². The third-order valence-corrected chi connectivity index (χ3v) is 5.50. The molecule has 0 saturated carbocycles. The predicted octanol–water partition coefficient (Wildman–Crippen LogP) is 1.64. The second-order valence-corrected chi connectivity index (χ2v) is 12.6. The highest BCUT2D eigenvalue weighted by molar-refractivity contribution is 5.85. The molecule has 0 aliphatic heterocycles. The van der Waals surface area contributed by atoms with Crippen molar-refractivity contribution in [2.24, 2.45) is 0 Å². The number of carbonyl (C=O) groups is 4. The van der Waals surface area contributed by atoms with Gasteiger partial charge in [-0.1, -0.05) is 0 Å². The second kappa shape index (κ2) is 26.0. The summed E-state index contributed by atoms with van der Waals surface area (Å²) in [5.41, 5.74) is -1.24. The van der Waals surface area contributed by atoms with Gasteiger partial charge in [0.05, 0.1) is 79.3 Å². The molecule has 0 aromatic heterocycles. The molecule has 0 saturated heterocycles. The molecule has 0 aliphatic rings. The van der Waals surface area contributed by atoms with Crippen LogP contribution in [0, 0.1) is 0 Å². The Kier molecular flexibility index (Phi) is 24.8. The van der Waals surface area contributed by atoms with E-state index in [1.165, 1.54) is 13.8 Å². The molecule has 14 heteroatoms. The van der Waals surface area contributed by atoms with Crippen molar-refractivity contribution in [1.29, 1.82) is 0 Å². The number of ether oxygens (including phenoxy) is 8. The molecule has 270 valence electrons. The fourth-order valence-corrected chi connectivity index (χ4v) is 3.61. The third-order valence-electron chi connectivity index (χ3n) is 5.50. The number of rotatable bonds is 29. The maximum absolute atomic E-state index is 12.3. The van der Waals surface area contributed by atoms with Gasteiger partial charge < -0.3 is 48.5 Å². The number of hydrogen-bond acceptors (Lipinski definition) is 14. The van der Waals surface area contributed by atoms with Crippen LogP contribution < -0.4 is 10.6 Å². The van der Waals surface area contributed by atoms with E-state index < -0.39 is 35.2 Å². The van der Waals surface area contributed by atoms with E-state index in [-0.39, 0.29) is 24.4 Å². The van der Waals surface area contributed by atoms with Gasteiger partial charge in [0.25, 0.3) is 0 Å². The van der Waals surface area contributed by atoms with Crippen LogP contribution in [-0.2, 0) is 57.1 Å². The normalized spacial score (nSPS) is 13.3. The Morgan fingerprint density at radius 3 is 0.913 bits per heavy atom. The van der Waals surface area contributed by atoms with Gasteiger partial charge >= 0.3 is 11.9 Å². The van der Waals surface area contributed by atoms with E-state index in [0.717, 1.165) is 0 Å². The second-order valence-electron chi connectivity index (χ2n) is 12.6. The lowest BCUT2D eigenvalue weighted by Gasteiger charge is -2.24. The predicted molar refractivity (Wildman–Crippen MR) is 171 cm³/mol. The van der Waals surface area contributed by atoms with Gasteiger partial charge in [-0.15, -0.1) is 0 Å². The van der Waals surface area contributed by atoms with Gasteiger partial charge in [-0.05, 0) is 55.4 Å². The first-order valence-electron chi connectivity index (χ1n) is 16.0. The summed E-state index contributed by atoms with van der Waals surface area (Å²) in [5.74, 6) is -1.09. The lowest BCUT2D eigenvalue weighted by Crippen LogP contribution is -2.43. The summed E-state index contributed by atoms with van der Waals surface area (Å²) in [4.78, 5) is 47.5. The van der Waals surface area contributed by atoms with Gasteiger partial charge in [0.1, 0.15) is 34.9 Å². The van der Waals surface area contributed by atoms with Gasteiger partial charge in [0, 0.05) is 25.9 Å². The molecular formula is C32H60N2O12. The third kappa shape index (κ3) is 29.4. The minimum absolute atomic E-state index is 0.0682. The summed E-state index contributed by atoms with van der Waals surface area (Å²) in [7, 11) is 0. The van der Waals surface area contributed by atoms with Crippen molar-refractivity contribution in [2.45, 2.75) is 91.5 Å². The molecule has 0 heterocycles. The molecule has 0 aromatic rings. The van der Waals surface area contributed by atoms with Crippen molar-refractivity contribution in [1.82, 2.24) is 10.6 Å². The summed E-state index contributed by atoms with van der Waals surface area (Å²) in [6, 6.07) is -1.39. The van der Waals surface area contributed by atoms with Crippen LogP contribution in [0.5, 0.6) is 0 Å². The zero-order valence-corrected chi connectivity index (χ0v) is 29.4. The highest BCUT2D eigenvalue weighted by Gasteiger charge is 2.27. The summed E-state index contributed by atoms with van der Waals surface area (Å²) in [6.07, 6.45) is 0.136. The molecule has 46 heavy (non-hydrogen) atoms. The lowest BCUT2D eigenvalue weighted by molar-refractivity contribution is -0.159. The Morgan fingerprint density at radius 1 is 0.457 bits per heavy atom. The van der Waals surface area contributed by atoms with Crippen LogP contribution in [0.15, 0.2) is 0 Å². The van der Waals surface area contributed by atoms with E-state index in [0.29, 0.717) is 92.4 Å². The van der Waals surface area contributed by atoms with Crippen molar-refractivity contribution < 1.29 is 57.1 Å². The molecule has 2 atom stereocenters. The number of esters is 2. The van der Waals surface area contributed by atoms with E-state index in [1.54, 1.807) is 41.5 Å². The van der Waals surface area contributed by atoms with Crippen molar-refractivity contribution in [3.05, 3.63) is 0 Å². The minimum atomic E-state index is -0.696. The Balaban J connectivity index is 3.60. The van der Waals surface area contributed by atoms with Gasteiger partial charge in [0.15, 0.2) is 0 Å². The van der Waals surface area contributed by atoms with Gasteiger partial charge in [-0.3, -0.25) is 19.2 Å². The summed E-state index contributed by atoms with van der Waals surface area (Å²) in [6.45, 7) is 19.3. The number of Topliss-reactive ketones (excluding diaryl/α,β-unsaturated/α-hetero) is 2. The standard InChI is InChI=1S/C32H60N2O12/c1-25(35)23-27(29(37)45-31(3,4)5)33-9-11-39-13-15-41-17-19-43-21-22-44-20-18-42-16-14-40-12-10-34-28(24-26(2)36)30(38)46-32(6,7)8/h27-28,33-34H,9-24H2,1-8H3/t27-,28-/m0/s1. The maximum atomic E-state index is 12.3. The molecular weight excluding hydrogens is 604 g/mol. The van der Waals surface area contributed by atoms with Crippen LogP contribution in [0.4, 0.5) is 0 Å². The van der Waals surface area contributed by atoms with Crippen LogP contribution in [0.3, 0.4) is 0 Å². The SMILES string of the molecule is CC(=O)C[C@H](NCCOCCOCCOCCOCCOCCOCCN[C@@H](CC(C)=O)C(=O)OC(C)(C)C)C(=O)OC(C)(C)C. The summed E-state index contributed by atoms with van der Waals surface area (Å²) >= 11 is 0. The van der Waals surface area contributed by atoms with Crippen molar-refractivity contribution in [3.63, 3.8) is 0 Å². The van der Waals surface area contributed by atoms with Crippen LogP contribution >= 0.6 is 0 Å². The molecule has 0 spiro atoms. The molecule has 0 amide bonds. The maximum Gasteiger partial charge on any atom is 0.324 e. The Bertz CT molecular complexity index is 774. The summed E-state index contributed by atoms with van der Waals surface area (Å²) in [5, 5.41) is 6.04. The quantitative estimate of drug-likeness (QED) is 0.0875. The Morgan fingerprint density at radius 2 is 0.696 bits per heavy atom. The Labute approximate surface area is 275 Å². The van der Waals surface area contributed by atoms with E-state index in [1.807, 2.05) is 0 Å². The number of ketones is 2. The van der Waals surface area contributed by atoms with E-state index in [2.05, 4.69) is 10.6 Å². The zero-order valence-electron chi connectivity index (χ0n) is 29.4. The van der Waals surface area contributed by atoms with Crippen LogP contribution in [-0.4, -0.2) is 139 Å². The van der Waals surface area contributed by atoms with Crippen molar-refractivity contribution >= 4 is 23.5 Å². The molecule has 0 fully saturated rings. The molecule has 2 N–H and O–H groups in total. The summed E-state index contributed by atoms with van der Waals surface area (Å²) < 4.78 is 43.6. The molecule has 0 aromatic carbocycles. The van der Waals surface area contributed by atoms with E-state index >= 15 is 0 Å². The number of carbonyl (C=O) groups excluding carboxylic acids is 4. The van der Waals surface area contributed by atoms with Crippen molar-refractivity contribution in [3.8, 4) is 0 Å². The van der Waals surface area contributed by atoms with Crippen LogP contribution in [0.2, 0.25) is 0 Å².